The Labute approximate surface area is 158 Å². The Balaban J connectivity index is 2.35. The number of nitrogens with one attached hydrogen (secondary N) is 3. The molecule has 0 bridgehead atoms. The zero-order valence-electron chi connectivity index (χ0n) is 16.0. The molecule has 0 radical (unpaired) electrons. The van der Waals surface area contributed by atoms with Gasteiger partial charge in [-0.2, -0.15) is 0 Å². The van der Waals surface area contributed by atoms with E-state index in [2.05, 4.69) is 20.9 Å². The molecule has 3 N–H and O–H groups in total. The van der Waals surface area contributed by atoms with Gasteiger partial charge < -0.3 is 20.7 Å². The first-order valence-corrected chi connectivity index (χ1v) is 10.1. The van der Waals surface area contributed by atoms with Crippen LogP contribution >= 0.6 is 0 Å². The van der Waals surface area contributed by atoms with E-state index in [0.29, 0.717) is 37.9 Å². The van der Waals surface area contributed by atoms with E-state index in [1.165, 1.54) is 0 Å². The molecule has 0 heterocycles. The zero-order chi connectivity index (χ0) is 19.4. The van der Waals surface area contributed by atoms with E-state index in [4.69, 9.17) is 4.74 Å². The predicted molar refractivity (Wildman–Crippen MR) is 106 cm³/mol. The van der Waals surface area contributed by atoms with Crippen molar-refractivity contribution >= 4 is 22.9 Å². The third-order valence-electron chi connectivity index (χ3n) is 2.98. The van der Waals surface area contributed by atoms with Crippen LogP contribution in [0.1, 0.15) is 27.7 Å². The van der Waals surface area contributed by atoms with Crippen LogP contribution in [0.2, 0.25) is 0 Å². The Hall–Kier alpha value is -2.09. The largest absolute Gasteiger partial charge is 0.444 e. The van der Waals surface area contributed by atoms with Crippen LogP contribution in [0.4, 0.5) is 4.79 Å². The van der Waals surface area contributed by atoms with Crippen LogP contribution in [0.15, 0.2) is 40.2 Å². The Morgan fingerprint density at radius 3 is 2.38 bits per heavy atom. The Morgan fingerprint density at radius 2 is 1.77 bits per heavy atom. The molecule has 0 aliphatic rings. The van der Waals surface area contributed by atoms with Gasteiger partial charge in [-0.1, -0.05) is 18.2 Å². The van der Waals surface area contributed by atoms with Crippen molar-refractivity contribution in [2.24, 2.45) is 4.99 Å². The van der Waals surface area contributed by atoms with Crippen LogP contribution in [0.3, 0.4) is 0 Å². The lowest BCUT2D eigenvalue weighted by Gasteiger charge is -2.19. The molecule has 0 saturated heterocycles. The summed E-state index contributed by atoms with van der Waals surface area (Å²) >= 11 is 0. The number of carbonyl (C=O) groups excluding carboxylic acids is 1. The van der Waals surface area contributed by atoms with E-state index < -0.39 is 22.5 Å². The van der Waals surface area contributed by atoms with Crippen molar-refractivity contribution in [1.29, 1.82) is 0 Å². The van der Waals surface area contributed by atoms with Crippen molar-refractivity contribution in [3.63, 3.8) is 0 Å². The number of hydrogen-bond acceptors (Lipinski definition) is 4. The van der Waals surface area contributed by atoms with Gasteiger partial charge in [0.1, 0.15) is 5.60 Å². The Bertz CT molecular complexity index is 600. The summed E-state index contributed by atoms with van der Waals surface area (Å²) in [5.74, 6) is 1.08. The first kappa shape index (κ1) is 22.0. The molecule has 1 amide bonds. The minimum Gasteiger partial charge on any atom is -0.444 e. The monoisotopic (exact) mass is 382 g/mol. The van der Waals surface area contributed by atoms with Gasteiger partial charge in [0.25, 0.3) is 0 Å². The van der Waals surface area contributed by atoms with Crippen molar-refractivity contribution in [3.8, 4) is 0 Å². The number of guanidine groups is 1. The summed E-state index contributed by atoms with van der Waals surface area (Å²) in [6.07, 6.45) is -0.445. The lowest BCUT2D eigenvalue weighted by atomic mass is 10.2. The third-order valence-corrected chi connectivity index (χ3v) is 4.33. The summed E-state index contributed by atoms with van der Waals surface area (Å²) in [6.45, 7) is 9.50. The van der Waals surface area contributed by atoms with Crippen LogP contribution in [0, 0.1) is 0 Å². The lowest BCUT2D eigenvalue weighted by molar-refractivity contribution is 0.0529. The molecule has 7 nitrogen and oxygen atoms in total. The van der Waals surface area contributed by atoms with Crippen LogP contribution in [-0.2, 0) is 15.5 Å². The molecule has 26 heavy (non-hydrogen) atoms. The molecular weight excluding hydrogens is 352 g/mol. The second kappa shape index (κ2) is 11.5. The SMILES string of the molecule is CCNC(=NCCS(=O)c1ccccc1)NCCNC(=O)OC(C)(C)C. The van der Waals surface area contributed by atoms with Crippen molar-refractivity contribution in [3.05, 3.63) is 30.3 Å². The van der Waals surface area contributed by atoms with Gasteiger partial charge in [-0.15, -0.1) is 0 Å². The normalized spacial score (nSPS) is 13.0. The molecule has 146 valence electrons. The number of alkyl carbamates (subject to hydrolysis) is 1. The predicted octanol–water partition coefficient (Wildman–Crippen LogP) is 1.87. The molecular formula is C18H30N4O3S. The van der Waals surface area contributed by atoms with Crippen molar-refractivity contribution in [2.75, 3.05) is 31.9 Å². The van der Waals surface area contributed by atoms with Gasteiger partial charge >= 0.3 is 6.09 Å². The zero-order valence-corrected chi connectivity index (χ0v) is 16.8. The maximum Gasteiger partial charge on any atom is 0.407 e. The quantitative estimate of drug-likeness (QED) is 0.363. The Kier molecular flexibility index (Phi) is 9.72. The first-order chi connectivity index (χ1) is 12.3. The average Bonchev–Trinajstić information content (AvgIpc) is 2.57. The highest BCUT2D eigenvalue weighted by Crippen LogP contribution is 2.06. The fourth-order valence-electron chi connectivity index (χ4n) is 1.93. The fraction of sp³-hybridized carbons (Fsp3) is 0.556. The number of hydrogen-bond donors (Lipinski definition) is 3. The molecule has 0 saturated carbocycles. The van der Waals surface area contributed by atoms with E-state index in [0.717, 1.165) is 4.90 Å². The fourth-order valence-corrected chi connectivity index (χ4v) is 2.89. The van der Waals surface area contributed by atoms with E-state index in [9.17, 15) is 9.00 Å². The molecule has 0 aromatic heterocycles. The number of amides is 1. The highest BCUT2D eigenvalue weighted by atomic mass is 32.2. The molecule has 1 rings (SSSR count). The topological polar surface area (TPSA) is 91.8 Å². The van der Waals surface area contributed by atoms with Crippen LogP contribution < -0.4 is 16.0 Å². The van der Waals surface area contributed by atoms with Gasteiger partial charge in [-0.05, 0) is 39.8 Å². The first-order valence-electron chi connectivity index (χ1n) is 8.74. The van der Waals surface area contributed by atoms with E-state index in [1.54, 1.807) is 0 Å². The van der Waals surface area contributed by atoms with Crippen molar-refractivity contribution in [1.82, 2.24) is 16.0 Å². The molecule has 0 fully saturated rings. The molecule has 0 aliphatic heterocycles. The standard InChI is InChI=1S/C18H30N4O3S/c1-5-19-16(20-11-12-22-17(23)25-18(2,3)4)21-13-14-26(24)15-9-7-6-8-10-15/h6-10H,5,11-14H2,1-4H3,(H,22,23)(H2,19,20,21). The summed E-state index contributed by atoms with van der Waals surface area (Å²) in [5, 5.41) is 8.92. The summed E-state index contributed by atoms with van der Waals surface area (Å²) < 4.78 is 17.3. The number of carbonyl (C=O) groups is 1. The van der Waals surface area contributed by atoms with Gasteiger partial charge in [0.15, 0.2) is 5.96 Å². The van der Waals surface area contributed by atoms with Crippen LogP contribution in [0.5, 0.6) is 0 Å². The molecule has 0 aliphatic carbocycles. The molecule has 1 aromatic rings. The second-order valence-electron chi connectivity index (χ2n) is 6.48. The second-order valence-corrected chi connectivity index (χ2v) is 8.05. The van der Waals surface area contributed by atoms with Crippen LogP contribution in [-0.4, -0.2) is 53.8 Å². The van der Waals surface area contributed by atoms with Gasteiger partial charge in [0, 0.05) is 30.3 Å². The number of nitrogens with zero attached hydrogens (tertiary/aromatic N) is 1. The van der Waals surface area contributed by atoms with E-state index in [-0.39, 0.29) is 0 Å². The van der Waals surface area contributed by atoms with E-state index >= 15 is 0 Å². The minimum absolute atomic E-state index is 0.412. The molecule has 0 spiro atoms. The van der Waals surface area contributed by atoms with Gasteiger partial charge in [-0.25, -0.2) is 4.79 Å². The van der Waals surface area contributed by atoms with Gasteiger partial charge in [0.2, 0.25) is 0 Å². The average molecular weight is 383 g/mol. The molecule has 1 atom stereocenters. The number of ether oxygens (including phenoxy) is 1. The minimum atomic E-state index is -1.06. The summed E-state index contributed by atoms with van der Waals surface area (Å²) in [7, 11) is -1.06. The summed E-state index contributed by atoms with van der Waals surface area (Å²) in [6, 6.07) is 9.36. The van der Waals surface area contributed by atoms with Gasteiger partial charge in [-0.3, -0.25) is 9.20 Å². The summed E-state index contributed by atoms with van der Waals surface area (Å²) in [5.41, 5.74) is -0.512. The highest BCUT2D eigenvalue weighted by molar-refractivity contribution is 7.85. The molecule has 1 aromatic carbocycles. The van der Waals surface area contributed by atoms with Crippen LogP contribution in [0.25, 0.3) is 0 Å². The van der Waals surface area contributed by atoms with Crippen molar-refractivity contribution < 1.29 is 13.7 Å². The highest BCUT2D eigenvalue weighted by Gasteiger charge is 2.15. The number of benzene rings is 1. The maximum atomic E-state index is 12.2. The lowest BCUT2D eigenvalue weighted by Crippen LogP contribution is -2.42. The maximum absolute atomic E-state index is 12.2. The summed E-state index contributed by atoms with van der Waals surface area (Å²) in [4.78, 5) is 16.8. The Morgan fingerprint density at radius 1 is 1.12 bits per heavy atom. The van der Waals surface area contributed by atoms with Crippen molar-refractivity contribution in [2.45, 2.75) is 38.2 Å². The third kappa shape index (κ3) is 10.0. The van der Waals surface area contributed by atoms with E-state index in [1.807, 2.05) is 58.0 Å². The number of rotatable bonds is 8. The number of aliphatic imine (C=N–C) groups is 1. The van der Waals surface area contributed by atoms with Gasteiger partial charge in [0.05, 0.1) is 17.3 Å². The smallest absolute Gasteiger partial charge is 0.407 e. The molecule has 8 heteroatoms. The molecule has 1 unspecified atom stereocenters.